The summed E-state index contributed by atoms with van der Waals surface area (Å²) in [5, 5.41) is 2.14. The Kier molecular flexibility index (Phi) is 6.25. The summed E-state index contributed by atoms with van der Waals surface area (Å²) in [4.78, 5) is 36.5. The number of carbonyl (C=O) groups is 3. The monoisotopic (exact) mass is 481 g/mol. The lowest BCUT2D eigenvalue weighted by Crippen LogP contribution is -2.36. The maximum Gasteiger partial charge on any atom is 0.338 e. The highest BCUT2D eigenvalue weighted by Crippen LogP contribution is 2.36. The number of nitrogens with one attached hydrogen (secondary N) is 1. The minimum Gasteiger partial charge on any atom is -0.452 e. The molecular weight excluding hydrogens is 458 g/mol. The summed E-state index contributed by atoms with van der Waals surface area (Å²) >= 11 is 0. The van der Waals surface area contributed by atoms with Gasteiger partial charge in [-0.05, 0) is 55.3 Å². The van der Waals surface area contributed by atoms with Crippen molar-refractivity contribution >= 4 is 33.5 Å². The minimum absolute atomic E-state index is 0.0252. The van der Waals surface area contributed by atoms with Crippen molar-refractivity contribution in [2.24, 2.45) is 7.05 Å². The Balaban J connectivity index is 1.45. The van der Waals surface area contributed by atoms with Crippen LogP contribution in [0.5, 0.6) is 0 Å². The number of benzene rings is 2. The van der Waals surface area contributed by atoms with Gasteiger partial charge in [0.15, 0.2) is 6.61 Å². The summed E-state index contributed by atoms with van der Waals surface area (Å²) in [6.07, 6.45) is 2.25. The molecule has 10 heteroatoms. The first-order valence-electron chi connectivity index (χ1n) is 10.5. The van der Waals surface area contributed by atoms with Crippen LogP contribution >= 0.6 is 0 Å². The summed E-state index contributed by atoms with van der Waals surface area (Å²) in [6, 6.07) is 15.7. The molecule has 4 rings (SSSR count). The van der Waals surface area contributed by atoms with Crippen LogP contribution in [0.25, 0.3) is 0 Å². The molecule has 0 aliphatic carbocycles. The highest BCUT2D eigenvalue weighted by atomic mass is 32.2. The third-order valence-electron chi connectivity index (χ3n) is 5.53. The molecule has 1 N–H and O–H groups in total. The van der Waals surface area contributed by atoms with Crippen LogP contribution in [0, 0.1) is 0 Å². The molecule has 3 aromatic rings. The molecule has 1 unspecified atom stereocenters. The number of hydrogen-bond acceptors (Lipinski definition) is 6. The van der Waals surface area contributed by atoms with E-state index in [1.165, 1.54) is 28.6 Å². The number of aromatic nitrogens is 1. The van der Waals surface area contributed by atoms with Gasteiger partial charge in [0.1, 0.15) is 5.69 Å². The van der Waals surface area contributed by atoms with Crippen LogP contribution in [0.1, 0.15) is 33.3 Å². The second kappa shape index (κ2) is 9.14. The molecule has 2 aromatic carbocycles. The number of ether oxygens (including phenoxy) is 1. The smallest absolute Gasteiger partial charge is 0.338 e. The first-order valence-corrected chi connectivity index (χ1v) is 12.0. The quantitative estimate of drug-likeness (QED) is 0.540. The van der Waals surface area contributed by atoms with Crippen molar-refractivity contribution in [1.82, 2.24) is 9.88 Å². The third kappa shape index (κ3) is 4.44. The predicted molar refractivity (Wildman–Crippen MR) is 124 cm³/mol. The van der Waals surface area contributed by atoms with Gasteiger partial charge in [-0.3, -0.25) is 19.2 Å². The van der Waals surface area contributed by atoms with E-state index in [1.807, 2.05) is 19.1 Å². The van der Waals surface area contributed by atoms with Crippen molar-refractivity contribution in [3.05, 3.63) is 83.7 Å². The summed E-state index contributed by atoms with van der Waals surface area (Å²) in [6.45, 7) is 1.13. The van der Waals surface area contributed by atoms with Crippen LogP contribution in [0.2, 0.25) is 0 Å². The molecule has 0 bridgehead atoms. The standard InChI is InChI=1S/C24H23N3O6S/c1-16-13-17-7-3-4-10-20(17)27(16)34(31,32)19-9-5-8-18(14-19)24(30)33-15-22(28)25-23(29)21-11-6-12-26(21)2/h3-12,14,16H,13,15H2,1-2H3,(H,25,28,29). The molecular formula is C24H23N3O6S. The Morgan fingerprint density at radius 1 is 1.06 bits per heavy atom. The van der Waals surface area contributed by atoms with Crippen LogP contribution in [-0.2, 0) is 33.0 Å². The van der Waals surface area contributed by atoms with Gasteiger partial charge < -0.3 is 9.30 Å². The number of esters is 1. The Morgan fingerprint density at radius 3 is 2.56 bits per heavy atom. The zero-order valence-electron chi connectivity index (χ0n) is 18.6. The van der Waals surface area contributed by atoms with E-state index in [0.29, 0.717) is 12.1 Å². The van der Waals surface area contributed by atoms with E-state index < -0.39 is 34.4 Å². The fourth-order valence-corrected chi connectivity index (χ4v) is 5.68. The Labute approximate surface area is 197 Å². The molecule has 1 atom stereocenters. The van der Waals surface area contributed by atoms with Gasteiger partial charge in [0.2, 0.25) is 0 Å². The average molecular weight is 482 g/mol. The second-order valence-corrected chi connectivity index (χ2v) is 9.78. The number of para-hydroxylation sites is 1. The van der Waals surface area contributed by atoms with Crippen molar-refractivity contribution in [2.75, 3.05) is 10.9 Å². The molecule has 2 amide bonds. The number of anilines is 1. The van der Waals surface area contributed by atoms with E-state index in [4.69, 9.17) is 4.74 Å². The topological polar surface area (TPSA) is 115 Å². The molecule has 0 radical (unpaired) electrons. The largest absolute Gasteiger partial charge is 0.452 e. The molecule has 9 nitrogen and oxygen atoms in total. The number of nitrogens with zero attached hydrogens (tertiary/aromatic N) is 2. The summed E-state index contributed by atoms with van der Waals surface area (Å²) in [5.41, 5.74) is 1.80. The second-order valence-electron chi connectivity index (χ2n) is 7.97. The zero-order valence-corrected chi connectivity index (χ0v) is 19.4. The lowest BCUT2D eigenvalue weighted by molar-refractivity contribution is -0.123. The highest BCUT2D eigenvalue weighted by molar-refractivity contribution is 7.92. The van der Waals surface area contributed by atoms with Crippen LogP contribution < -0.4 is 9.62 Å². The zero-order chi connectivity index (χ0) is 24.5. The van der Waals surface area contributed by atoms with Crippen molar-refractivity contribution in [3.63, 3.8) is 0 Å². The SMILES string of the molecule is CC1Cc2ccccc2N1S(=O)(=O)c1cccc(C(=O)OCC(=O)NC(=O)c2cccn2C)c1. The lowest BCUT2D eigenvalue weighted by atomic mass is 10.1. The number of fused-ring (bicyclic) bond motifs is 1. The molecule has 0 spiro atoms. The molecule has 0 saturated heterocycles. The molecule has 34 heavy (non-hydrogen) atoms. The first-order chi connectivity index (χ1) is 16.2. The molecule has 1 aliphatic rings. The minimum atomic E-state index is -3.93. The van der Waals surface area contributed by atoms with Gasteiger partial charge in [0, 0.05) is 19.3 Å². The average Bonchev–Trinajstić information content (AvgIpc) is 3.39. The lowest BCUT2D eigenvalue weighted by Gasteiger charge is -2.24. The Bertz CT molecular complexity index is 1380. The fourth-order valence-electron chi connectivity index (χ4n) is 3.94. The van der Waals surface area contributed by atoms with E-state index in [2.05, 4.69) is 5.32 Å². The van der Waals surface area contributed by atoms with Crippen LogP contribution in [0.3, 0.4) is 0 Å². The predicted octanol–water partition coefficient (Wildman–Crippen LogP) is 2.28. The molecule has 1 aliphatic heterocycles. The number of hydrogen-bond donors (Lipinski definition) is 1. The normalized spacial score (nSPS) is 15.0. The van der Waals surface area contributed by atoms with Gasteiger partial charge in [-0.25, -0.2) is 13.2 Å². The maximum absolute atomic E-state index is 13.4. The molecule has 0 fully saturated rings. The Hall–Kier alpha value is -3.92. The summed E-state index contributed by atoms with van der Waals surface area (Å²) < 4.78 is 34.6. The van der Waals surface area contributed by atoms with Crippen molar-refractivity contribution in [1.29, 1.82) is 0 Å². The highest BCUT2D eigenvalue weighted by Gasteiger charge is 2.36. The van der Waals surface area contributed by atoms with Crippen LogP contribution in [0.4, 0.5) is 5.69 Å². The molecule has 1 aromatic heterocycles. The number of amides is 2. The van der Waals surface area contributed by atoms with Crippen molar-refractivity contribution in [2.45, 2.75) is 24.3 Å². The van der Waals surface area contributed by atoms with Gasteiger partial charge >= 0.3 is 5.97 Å². The number of carbonyl (C=O) groups excluding carboxylic acids is 3. The van der Waals surface area contributed by atoms with Gasteiger partial charge in [-0.15, -0.1) is 0 Å². The first kappa shape index (κ1) is 23.2. The molecule has 176 valence electrons. The van der Waals surface area contributed by atoms with E-state index in [-0.39, 0.29) is 22.2 Å². The van der Waals surface area contributed by atoms with E-state index in [0.717, 1.165) is 5.56 Å². The van der Waals surface area contributed by atoms with Crippen molar-refractivity contribution < 1.29 is 27.5 Å². The van der Waals surface area contributed by atoms with Crippen LogP contribution in [-0.4, -0.2) is 43.4 Å². The number of imide groups is 1. The Morgan fingerprint density at radius 2 is 1.82 bits per heavy atom. The number of aryl methyl sites for hydroxylation is 1. The van der Waals surface area contributed by atoms with E-state index in [1.54, 1.807) is 42.1 Å². The van der Waals surface area contributed by atoms with Gasteiger partial charge in [0.05, 0.1) is 16.1 Å². The fraction of sp³-hybridized carbons (Fsp3) is 0.208. The van der Waals surface area contributed by atoms with Gasteiger partial charge in [0.25, 0.3) is 21.8 Å². The van der Waals surface area contributed by atoms with Gasteiger partial charge in [-0.1, -0.05) is 24.3 Å². The summed E-state index contributed by atoms with van der Waals surface area (Å²) in [7, 11) is -2.28. The third-order valence-corrected chi connectivity index (χ3v) is 7.46. The molecule has 0 saturated carbocycles. The maximum atomic E-state index is 13.4. The summed E-state index contributed by atoms with van der Waals surface area (Å²) in [5.74, 6) is -2.30. The number of rotatable bonds is 6. The van der Waals surface area contributed by atoms with E-state index in [9.17, 15) is 22.8 Å². The number of sulfonamides is 1. The van der Waals surface area contributed by atoms with Crippen molar-refractivity contribution in [3.8, 4) is 0 Å². The van der Waals surface area contributed by atoms with Gasteiger partial charge in [-0.2, -0.15) is 0 Å². The van der Waals surface area contributed by atoms with E-state index >= 15 is 0 Å². The molecule has 2 heterocycles. The van der Waals surface area contributed by atoms with Crippen LogP contribution in [0.15, 0.2) is 71.8 Å².